The number of benzene rings is 1. The van der Waals surface area contributed by atoms with Crippen molar-refractivity contribution in [1.29, 1.82) is 0 Å². The summed E-state index contributed by atoms with van der Waals surface area (Å²) in [5.74, 6) is -2.32. The molecule has 0 N–H and O–H groups in total. The number of halogens is 4. The van der Waals surface area contributed by atoms with Crippen molar-refractivity contribution < 1.29 is 22.4 Å². The zero-order valence-corrected chi connectivity index (χ0v) is 11.0. The standard InChI is InChI=1S/C14H15F4NO/c1-9(20)12-7-11(15)4-5-13(12)19-6-2-3-10(8-19)14(16,17)18/h4-5,7,10H,2-3,6,8H2,1H3. The number of nitrogens with zero attached hydrogens (tertiary/aromatic N) is 1. The molecule has 0 saturated carbocycles. The van der Waals surface area contributed by atoms with Crippen LogP contribution in [-0.2, 0) is 0 Å². The first-order chi connectivity index (χ1) is 9.29. The highest BCUT2D eigenvalue weighted by Crippen LogP contribution is 2.35. The number of ketones is 1. The molecule has 1 unspecified atom stereocenters. The molecule has 110 valence electrons. The van der Waals surface area contributed by atoms with E-state index in [1.165, 1.54) is 24.0 Å². The van der Waals surface area contributed by atoms with E-state index in [0.29, 0.717) is 18.7 Å². The third kappa shape index (κ3) is 3.11. The van der Waals surface area contributed by atoms with Gasteiger partial charge in [-0.25, -0.2) is 4.39 Å². The first-order valence-corrected chi connectivity index (χ1v) is 6.41. The molecule has 1 aromatic rings. The maximum atomic E-state index is 13.2. The van der Waals surface area contributed by atoms with Crippen molar-refractivity contribution in [3.8, 4) is 0 Å². The number of piperidine rings is 1. The van der Waals surface area contributed by atoms with Gasteiger partial charge in [0.25, 0.3) is 0 Å². The van der Waals surface area contributed by atoms with Gasteiger partial charge in [-0.3, -0.25) is 4.79 Å². The van der Waals surface area contributed by atoms with Crippen LogP contribution in [-0.4, -0.2) is 25.0 Å². The SMILES string of the molecule is CC(=O)c1cc(F)ccc1N1CCCC(C(F)(F)F)C1. The molecule has 20 heavy (non-hydrogen) atoms. The molecule has 0 aromatic heterocycles. The molecule has 1 atom stereocenters. The Kier molecular flexibility index (Phi) is 4.01. The van der Waals surface area contributed by atoms with Crippen LogP contribution in [0.2, 0.25) is 0 Å². The summed E-state index contributed by atoms with van der Waals surface area (Å²) >= 11 is 0. The number of anilines is 1. The van der Waals surface area contributed by atoms with E-state index in [9.17, 15) is 22.4 Å². The smallest absolute Gasteiger partial charge is 0.370 e. The Morgan fingerprint density at radius 2 is 2.05 bits per heavy atom. The van der Waals surface area contributed by atoms with Crippen LogP contribution < -0.4 is 4.90 Å². The molecular formula is C14H15F4NO. The summed E-state index contributed by atoms with van der Waals surface area (Å²) in [6, 6.07) is 3.62. The van der Waals surface area contributed by atoms with E-state index < -0.39 is 17.9 Å². The third-order valence-corrected chi connectivity index (χ3v) is 3.56. The molecular weight excluding hydrogens is 274 g/mol. The molecule has 1 aromatic carbocycles. The number of alkyl halides is 3. The highest BCUT2D eigenvalue weighted by molar-refractivity contribution is 5.99. The average Bonchev–Trinajstić information content (AvgIpc) is 2.37. The summed E-state index contributed by atoms with van der Waals surface area (Å²) in [5, 5.41) is 0. The van der Waals surface area contributed by atoms with E-state index in [2.05, 4.69) is 0 Å². The predicted molar refractivity (Wildman–Crippen MR) is 67.4 cm³/mol. The first-order valence-electron chi connectivity index (χ1n) is 6.41. The zero-order valence-electron chi connectivity index (χ0n) is 11.0. The van der Waals surface area contributed by atoms with E-state index in [1.807, 2.05) is 0 Å². The summed E-state index contributed by atoms with van der Waals surface area (Å²) in [6.45, 7) is 1.54. The molecule has 0 amide bonds. The second kappa shape index (κ2) is 5.42. The Morgan fingerprint density at radius 3 is 2.65 bits per heavy atom. The molecule has 0 spiro atoms. The Bertz CT molecular complexity index is 512. The fourth-order valence-corrected chi connectivity index (χ4v) is 2.53. The summed E-state index contributed by atoms with van der Waals surface area (Å²) in [4.78, 5) is 13.0. The van der Waals surface area contributed by atoms with Crippen LogP contribution in [0.1, 0.15) is 30.1 Å². The molecule has 1 fully saturated rings. The number of hydrogen-bond donors (Lipinski definition) is 0. The van der Waals surface area contributed by atoms with Crippen LogP contribution in [0.5, 0.6) is 0 Å². The second-order valence-corrected chi connectivity index (χ2v) is 5.04. The van der Waals surface area contributed by atoms with Gasteiger partial charge >= 0.3 is 6.18 Å². The van der Waals surface area contributed by atoms with E-state index in [1.54, 1.807) is 0 Å². The highest BCUT2D eigenvalue weighted by Gasteiger charge is 2.42. The lowest BCUT2D eigenvalue weighted by molar-refractivity contribution is -0.175. The van der Waals surface area contributed by atoms with Gasteiger partial charge in [-0.05, 0) is 38.0 Å². The topological polar surface area (TPSA) is 20.3 Å². The van der Waals surface area contributed by atoms with Crippen molar-refractivity contribution in [2.75, 3.05) is 18.0 Å². The van der Waals surface area contributed by atoms with Gasteiger partial charge in [0.05, 0.1) is 5.92 Å². The average molecular weight is 289 g/mol. The van der Waals surface area contributed by atoms with Gasteiger partial charge in [0.1, 0.15) is 5.82 Å². The van der Waals surface area contributed by atoms with Gasteiger partial charge in [0.15, 0.2) is 5.78 Å². The summed E-state index contributed by atoms with van der Waals surface area (Å²) in [5.41, 5.74) is 0.515. The van der Waals surface area contributed by atoms with Crippen molar-refractivity contribution in [3.05, 3.63) is 29.6 Å². The normalized spacial score (nSPS) is 20.1. The number of carbonyl (C=O) groups excluding carboxylic acids is 1. The third-order valence-electron chi connectivity index (χ3n) is 3.56. The quantitative estimate of drug-likeness (QED) is 0.609. The molecule has 6 heteroatoms. The van der Waals surface area contributed by atoms with Crippen molar-refractivity contribution in [2.24, 2.45) is 5.92 Å². The lowest BCUT2D eigenvalue weighted by Crippen LogP contribution is -2.42. The fraction of sp³-hybridized carbons (Fsp3) is 0.500. The minimum absolute atomic E-state index is 0.0938. The van der Waals surface area contributed by atoms with Crippen molar-refractivity contribution in [3.63, 3.8) is 0 Å². The van der Waals surface area contributed by atoms with Crippen LogP contribution in [0.3, 0.4) is 0 Å². The number of Topliss-reactive ketones (excluding diaryl/α,β-unsaturated/α-hetero) is 1. The molecule has 0 aliphatic carbocycles. The van der Waals surface area contributed by atoms with Crippen LogP contribution in [0.25, 0.3) is 0 Å². The maximum absolute atomic E-state index is 13.2. The lowest BCUT2D eigenvalue weighted by atomic mass is 9.96. The van der Waals surface area contributed by atoms with Crippen molar-refractivity contribution in [1.82, 2.24) is 0 Å². The monoisotopic (exact) mass is 289 g/mol. The van der Waals surface area contributed by atoms with Gasteiger partial charge < -0.3 is 4.90 Å². The van der Waals surface area contributed by atoms with Gasteiger partial charge in [0.2, 0.25) is 0 Å². The summed E-state index contributed by atoms with van der Waals surface area (Å²) < 4.78 is 51.6. The van der Waals surface area contributed by atoms with E-state index in [-0.39, 0.29) is 24.3 Å². The molecule has 1 aliphatic rings. The highest BCUT2D eigenvalue weighted by atomic mass is 19.4. The van der Waals surface area contributed by atoms with Crippen LogP contribution in [0, 0.1) is 11.7 Å². The molecule has 0 bridgehead atoms. The molecule has 1 saturated heterocycles. The molecule has 2 nitrogen and oxygen atoms in total. The van der Waals surface area contributed by atoms with Gasteiger partial charge in [-0.2, -0.15) is 13.2 Å². The number of rotatable bonds is 2. The predicted octanol–water partition coefficient (Wildman–Crippen LogP) is 3.81. The summed E-state index contributed by atoms with van der Waals surface area (Å²) in [7, 11) is 0. The van der Waals surface area contributed by atoms with Gasteiger partial charge in [0, 0.05) is 24.3 Å². The van der Waals surface area contributed by atoms with Crippen LogP contribution >= 0.6 is 0 Å². The first kappa shape index (κ1) is 14.8. The maximum Gasteiger partial charge on any atom is 0.393 e. The van der Waals surface area contributed by atoms with Crippen molar-refractivity contribution in [2.45, 2.75) is 25.9 Å². The van der Waals surface area contributed by atoms with E-state index in [4.69, 9.17) is 0 Å². The Labute approximate surface area is 114 Å². The molecule has 0 radical (unpaired) electrons. The number of hydrogen-bond acceptors (Lipinski definition) is 2. The molecule has 1 heterocycles. The van der Waals surface area contributed by atoms with E-state index >= 15 is 0 Å². The van der Waals surface area contributed by atoms with Crippen LogP contribution in [0.4, 0.5) is 23.2 Å². The molecule has 2 rings (SSSR count). The fourth-order valence-electron chi connectivity index (χ4n) is 2.53. The molecule has 1 aliphatic heterocycles. The Hall–Kier alpha value is -1.59. The minimum atomic E-state index is -4.24. The zero-order chi connectivity index (χ0) is 14.9. The number of carbonyl (C=O) groups is 1. The summed E-state index contributed by atoms with van der Waals surface area (Å²) in [6.07, 6.45) is -3.75. The Morgan fingerprint density at radius 1 is 1.35 bits per heavy atom. The Balaban J connectivity index is 2.29. The minimum Gasteiger partial charge on any atom is -0.370 e. The van der Waals surface area contributed by atoms with Crippen LogP contribution in [0.15, 0.2) is 18.2 Å². The van der Waals surface area contributed by atoms with Gasteiger partial charge in [-0.1, -0.05) is 0 Å². The lowest BCUT2D eigenvalue weighted by Gasteiger charge is -2.36. The van der Waals surface area contributed by atoms with Gasteiger partial charge in [-0.15, -0.1) is 0 Å². The van der Waals surface area contributed by atoms with Crippen molar-refractivity contribution >= 4 is 11.5 Å². The van der Waals surface area contributed by atoms with E-state index in [0.717, 1.165) is 6.07 Å². The second-order valence-electron chi connectivity index (χ2n) is 5.04. The largest absolute Gasteiger partial charge is 0.393 e.